The van der Waals surface area contributed by atoms with E-state index in [2.05, 4.69) is 4.98 Å². The average Bonchev–Trinajstić information content (AvgIpc) is 2.25. The van der Waals surface area contributed by atoms with E-state index in [0.29, 0.717) is 6.54 Å². The van der Waals surface area contributed by atoms with Gasteiger partial charge in [0.15, 0.2) is 0 Å². The molecule has 0 fully saturated rings. The third-order valence-corrected chi connectivity index (χ3v) is 2.43. The van der Waals surface area contributed by atoms with Gasteiger partial charge in [0.05, 0.1) is 11.3 Å². The summed E-state index contributed by atoms with van der Waals surface area (Å²) < 4.78 is 37.1. The second-order valence-electron chi connectivity index (χ2n) is 3.65. The molecule has 1 rings (SSSR count). The molecule has 1 amide bonds. The lowest BCUT2D eigenvalue weighted by atomic mass is 10.1. The number of amides is 1. The molecule has 0 bridgehead atoms. The first-order valence-electron chi connectivity index (χ1n) is 5.07. The Labute approximate surface area is 97.3 Å². The van der Waals surface area contributed by atoms with E-state index >= 15 is 0 Å². The van der Waals surface area contributed by atoms with Crippen molar-refractivity contribution in [3.8, 4) is 0 Å². The van der Waals surface area contributed by atoms with Gasteiger partial charge in [0.2, 0.25) is 0 Å². The summed E-state index contributed by atoms with van der Waals surface area (Å²) in [6.45, 7) is 3.66. The topological polar surface area (TPSA) is 33.2 Å². The summed E-state index contributed by atoms with van der Waals surface area (Å²) in [4.78, 5) is 16.6. The molecule has 3 nitrogen and oxygen atoms in total. The quantitative estimate of drug-likeness (QED) is 0.803. The fourth-order valence-corrected chi connectivity index (χ4v) is 1.29. The maximum atomic E-state index is 12.4. The lowest BCUT2D eigenvalue weighted by Gasteiger charge is -2.16. The van der Waals surface area contributed by atoms with Gasteiger partial charge in [-0.15, -0.1) is 0 Å². The van der Waals surface area contributed by atoms with Crippen LogP contribution in [0.25, 0.3) is 0 Å². The highest BCUT2D eigenvalue weighted by atomic mass is 19.4. The minimum Gasteiger partial charge on any atom is -0.342 e. The lowest BCUT2D eigenvalue weighted by molar-refractivity contribution is -0.141. The highest BCUT2D eigenvalue weighted by molar-refractivity contribution is 5.95. The van der Waals surface area contributed by atoms with Crippen LogP contribution in [0.3, 0.4) is 0 Å². The van der Waals surface area contributed by atoms with Crippen molar-refractivity contribution in [2.24, 2.45) is 0 Å². The second kappa shape index (κ2) is 4.73. The van der Waals surface area contributed by atoms with Crippen LogP contribution in [0, 0.1) is 6.92 Å². The van der Waals surface area contributed by atoms with E-state index in [-0.39, 0.29) is 17.2 Å². The van der Waals surface area contributed by atoms with E-state index in [1.807, 2.05) is 0 Å². The van der Waals surface area contributed by atoms with Crippen LogP contribution in [-0.4, -0.2) is 29.4 Å². The molecule has 0 unspecified atom stereocenters. The minimum absolute atomic E-state index is 0.0881. The molecule has 0 spiro atoms. The maximum absolute atomic E-state index is 12.4. The zero-order chi connectivity index (χ0) is 13.2. The Morgan fingerprint density at radius 1 is 1.41 bits per heavy atom. The van der Waals surface area contributed by atoms with Gasteiger partial charge in [-0.25, -0.2) is 4.98 Å². The number of nitrogens with zero attached hydrogens (tertiary/aromatic N) is 2. The van der Waals surface area contributed by atoms with E-state index in [4.69, 9.17) is 0 Å². The van der Waals surface area contributed by atoms with Gasteiger partial charge in [-0.3, -0.25) is 4.79 Å². The highest BCUT2D eigenvalue weighted by Gasteiger charge is 2.33. The third-order valence-electron chi connectivity index (χ3n) is 2.43. The standard InChI is InChI=1S/C11H13F3N2O/c1-4-16(3)10(17)8-5-6-9(11(12,13)14)15-7(8)2/h5-6H,4H2,1-3H3. The van der Waals surface area contributed by atoms with Gasteiger partial charge in [0, 0.05) is 13.6 Å². The fourth-order valence-electron chi connectivity index (χ4n) is 1.29. The molecule has 0 radical (unpaired) electrons. The molecular formula is C11H13F3N2O. The Morgan fingerprint density at radius 3 is 2.41 bits per heavy atom. The lowest BCUT2D eigenvalue weighted by Crippen LogP contribution is -2.27. The van der Waals surface area contributed by atoms with Gasteiger partial charge in [-0.2, -0.15) is 13.2 Å². The number of pyridine rings is 1. The monoisotopic (exact) mass is 246 g/mol. The Hall–Kier alpha value is -1.59. The molecule has 17 heavy (non-hydrogen) atoms. The van der Waals surface area contributed by atoms with Crippen molar-refractivity contribution < 1.29 is 18.0 Å². The van der Waals surface area contributed by atoms with E-state index in [9.17, 15) is 18.0 Å². The molecule has 0 aromatic carbocycles. The van der Waals surface area contributed by atoms with Gasteiger partial charge < -0.3 is 4.90 Å². The summed E-state index contributed by atoms with van der Waals surface area (Å²) in [6.07, 6.45) is -4.48. The van der Waals surface area contributed by atoms with Crippen molar-refractivity contribution >= 4 is 5.91 Å². The zero-order valence-corrected chi connectivity index (χ0v) is 9.80. The largest absolute Gasteiger partial charge is 0.433 e. The number of aryl methyl sites for hydroxylation is 1. The average molecular weight is 246 g/mol. The number of hydrogen-bond acceptors (Lipinski definition) is 2. The summed E-state index contributed by atoms with van der Waals surface area (Å²) in [6, 6.07) is 1.99. The number of carbonyl (C=O) groups is 1. The molecule has 6 heteroatoms. The number of halogens is 3. The Bertz CT molecular complexity index is 429. The highest BCUT2D eigenvalue weighted by Crippen LogP contribution is 2.28. The summed E-state index contributed by atoms with van der Waals surface area (Å²) in [7, 11) is 1.58. The zero-order valence-electron chi connectivity index (χ0n) is 9.80. The number of carbonyl (C=O) groups excluding carboxylic acids is 1. The van der Waals surface area contributed by atoms with Crippen molar-refractivity contribution in [1.82, 2.24) is 9.88 Å². The smallest absolute Gasteiger partial charge is 0.342 e. The molecule has 1 heterocycles. The molecule has 0 aliphatic carbocycles. The SMILES string of the molecule is CCN(C)C(=O)c1ccc(C(F)(F)F)nc1C. The van der Waals surface area contributed by atoms with Crippen molar-refractivity contribution in [3.63, 3.8) is 0 Å². The Kier molecular flexibility index (Phi) is 3.75. The fraction of sp³-hybridized carbons (Fsp3) is 0.455. The predicted molar refractivity (Wildman–Crippen MR) is 56.6 cm³/mol. The van der Waals surface area contributed by atoms with E-state index in [1.165, 1.54) is 17.9 Å². The van der Waals surface area contributed by atoms with Crippen LogP contribution in [0.1, 0.15) is 28.7 Å². The minimum atomic E-state index is -4.48. The van der Waals surface area contributed by atoms with Crippen LogP contribution >= 0.6 is 0 Å². The summed E-state index contributed by atoms with van der Waals surface area (Å²) >= 11 is 0. The molecule has 1 aromatic rings. The van der Waals surface area contributed by atoms with Crippen molar-refractivity contribution in [3.05, 3.63) is 29.1 Å². The first kappa shape index (κ1) is 13.5. The van der Waals surface area contributed by atoms with Crippen molar-refractivity contribution in [2.45, 2.75) is 20.0 Å². The van der Waals surface area contributed by atoms with E-state index < -0.39 is 11.9 Å². The van der Waals surface area contributed by atoms with Crippen molar-refractivity contribution in [1.29, 1.82) is 0 Å². The van der Waals surface area contributed by atoms with Gasteiger partial charge >= 0.3 is 6.18 Å². The normalized spacial score (nSPS) is 11.4. The first-order chi connectivity index (χ1) is 7.77. The number of aromatic nitrogens is 1. The number of rotatable bonds is 2. The van der Waals surface area contributed by atoms with Crippen LogP contribution in [0.4, 0.5) is 13.2 Å². The first-order valence-corrected chi connectivity index (χ1v) is 5.07. The molecule has 0 N–H and O–H groups in total. The van der Waals surface area contributed by atoms with Crippen LogP contribution < -0.4 is 0 Å². The summed E-state index contributed by atoms with van der Waals surface area (Å²) in [5, 5.41) is 0. The Balaban J connectivity index is 3.11. The summed E-state index contributed by atoms with van der Waals surface area (Å²) in [5.74, 6) is -0.328. The van der Waals surface area contributed by atoms with Gasteiger partial charge in [-0.1, -0.05) is 0 Å². The van der Waals surface area contributed by atoms with Crippen LogP contribution in [0.2, 0.25) is 0 Å². The molecular weight excluding hydrogens is 233 g/mol. The van der Waals surface area contributed by atoms with E-state index in [0.717, 1.165) is 6.07 Å². The number of alkyl halides is 3. The van der Waals surface area contributed by atoms with E-state index in [1.54, 1.807) is 14.0 Å². The van der Waals surface area contributed by atoms with Gasteiger partial charge in [0.25, 0.3) is 5.91 Å². The maximum Gasteiger partial charge on any atom is 0.433 e. The molecule has 0 aliphatic rings. The number of hydrogen-bond donors (Lipinski definition) is 0. The molecule has 0 atom stereocenters. The molecule has 1 aromatic heterocycles. The van der Waals surface area contributed by atoms with Crippen molar-refractivity contribution in [2.75, 3.05) is 13.6 Å². The van der Waals surface area contributed by atoms with Gasteiger partial charge in [-0.05, 0) is 26.0 Å². The third kappa shape index (κ3) is 2.95. The van der Waals surface area contributed by atoms with Crippen LogP contribution in [0.5, 0.6) is 0 Å². The molecule has 0 saturated heterocycles. The molecule has 0 saturated carbocycles. The second-order valence-corrected chi connectivity index (χ2v) is 3.65. The van der Waals surface area contributed by atoms with Crippen LogP contribution in [0.15, 0.2) is 12.1 Å². The van der Waals surface area contributed by atoms with Crippen LogP contribution in [-0.2, 0) is 6.18 Å². The van der Waals surface area contributed by atoms with Gasteiger partial charge in [0.1, 0.15) is 5.69 Å². The predicted octanol–water partition coefficient (Wildman–Crippen LogP) is 2.50. The molecule has 0 aliphatic heterocycles. The molecule has 94 valence electrons. The Morgan fingerprint density at radius 2 is 2.00 bits per heavy atom. The summed E-state index contributed by atoms with van der Waals surface area (Å²) in [5.41, 5.74) is -0.696.